The molecule has 0 spiro atoms. The highest BCUT2D eigenvalue weighted by molar-refractivity contribution is 6.17. The Morgan fingerprint density at radius 3 is 1.54 bits per heavy atom. The summed E-state index contributed by atoms with van der Waals surface area (Å²) in [5, 5.41) is 9.10. The van der Waals surface area contributed by atoms with Gasteiger partial charge in [-0.1, -0.05) is 24.3 Å². The van der Waals surface area contributed by atoms with Gasteiger partial charge in [0.05, 0.1) is 26.4 Å². The summed E-state index contributed by atoms with van der Waals surface area (Å²) < 4.78 is 15.0. The number of carbonyl (C=O) groups excluding carboxylic acids is 3. The second-order valence-corrected chi connectivity index (χ2v) is 5.54. The third-order valence-electron chi connectivity index (χ3n) is 3.87. The lowest BCUT2D eigenvalue weighted by Gasteiger charge is -2.27. The van der Waals surface area contributed by atoms with E-state index in [4.69, 9.17) is 19.3 Å². The van der Waals surface area contributed by atoms with E-state index in [2.05, 4.69) is 0 Å². The lowest BCUT2D eigenvalue weighted by molar-refractivity contribution is -0.184. The van der Waals surface area contributed by atoms with Gasteiger partial charge in [-0.25, -0.2) is 0 Å². The van der Waals surface area contributed by atoms with Crippen molar-refractivity contribution in [3.8, 4) is 0 Å². The second-order valence-electron chi connectivity index (χ2n) is 5.54. The third kappa shape index (κ3) is 5.05. The monoisotopic (exact) mass is 366 g/mol. The summed E-state index contributed by atoms with van der Waals surface area (Å²) in [5.74, 6) is -2.91. The van der Waals surface area contributed by atoms with Crippen molar-refractivity contribution in [2.45, 2.75) is 40.2 Å². The summed E-state index contributed by atoms with van der Waals surface area (Å²) in [4.78, 5) is 37.7. The number of esters is 3. The molecule has 0 saturated carbocycles. The topological polar surface area (TPSA) is 99.1 Å². The van der Waals surface area contributed by atoms with E-state index in [-0.39, 0.29) is 39.3 Å². The number of aliphatic hydroxyl groups is 1. The number of hydrogen-bond donors (Lipinski definition) is 1. The third-order valence-corrected chi connectivity index (χ3v) is 3.87. The minimum absolute atomic E-state index is 0.0184. The van der Waals surface area contributed by atoms with Gasteiger partial charge in [0.15, 0.2) is 0 Å². The molecule has 0 unspecified atom stereocenters. The van der Waals surface area contributed by atoms with Gasteiger partial charge in [-0.2, -0.15) is 0 Å². The zero-order valence-corrected chi connectivity index (χ0v) is 15.4. The molecule has 0 aromatic heterocycles. The van der Waals surface area contributed by atoms with Crippen molar-refractivity contribution in [2.24, 2.45) is 5.41 Å². The van der Waals surface area contributed by atoms with Crippen LogP contribution in [0.5, 0.6) is 0 Å². The van der Waals surface area contributed by atoms with Gasteiger partial charge in [0.25, 0.3) is 5.41 Å². The van der Waals surface area contributed by atoms with E-state index in [0.717, 1.165) is 11.1 Å². The fraction of sp³-hybridized carbons (Fsp3) is 0.526. The van der Waals surface area contributed by atoms with Crippen molar-refractivity contribution in [3.63, 3.8) is 0 Å². The van der Waals surface area contributed by atoms with E-state index in [1.54, 1.807) is 45.0 Å². The van der Waals surface area contributed by atoms with Gasteiger partial charge in [0.2, 0.25) is 0 Å². The van der Waals surface area contributed by atoms with E-state index in [0.29, 0.717) is 0 Å². The zero-order valence-electron chi connectivity index (χ0n) is 15.4. The summed E-state index contributed by atoms with van der Waals surface area (Å²) in [6.45, 7) is 4.74. The van der Waals surface area contributed by atoms with Gasteiger partial charge in [-0.15, -0.1) is 0 Å². The maximum atomic E-state index is 12.6. The molecule has 0 saturated heterocycles. The molecular formula is C19H26O7. The molecule has 1 aromatic carbocycles. The minimum Gasteiger partial charge on any atom is -0.465 e. The van der Waals surface area contributed by atoms with Crippen LogP contribution < -0.4 is 0 Å². The maximum absolute atomic E-state index is 12.6. The van der Waals surface area contributed by atoms with Gasteiger partial charge in [-0.3, -0.25) is 14.4 Å². The normalized spacial score (nSPS) is 10.9. The predicted molar refractivity (Wildman–Crippen MR) is 93.0 cm³/mol. The minimum atomic E-state index is -2.16. The van der Waals surface area contributed by atoms with Crippen LogP contribution in [0.2, 0.25) is 0 Å². The number of ether oxygens (including phenoxy) is 3. The number of carbonyl (C=O) groups is 3. The molecule has 1 rings (SSSR count). The van der Waals surface area contributed by atoms with Crippen LogP contribution in [0.25, 0.3) is 0 Å². The first-order valence-electron chi connectivity index (χ1n) is 8.66. The molecule has 0 amide bonds. The Labute approximate surface area is 153 Å². The van der Waals surface area contributed by atoms with E-state index in [9.17, 15) is 14.4 Å². The molecule has 0 aliphatic heterocycles. The quantitative estimate of drug-likeness (QED) is 0.383. The SMILES string of the molecule is CCOC(=O)C(CCc1ccc(CO)cc1)(C(=O)OCC)C(=O)OCC. The highest BCUT2D eigenvalue weighted by Crippen LogP contribution is 2.30. The first-order chi connectivity index (χ1) is 12.5. The highest BCUT2D eigenvalue weighted by Gasteiger charge is 2.56. The van der Waals surface area contributed by atoms with Crippen LogP contribution in [0.15, 0.2) is 24.3 Å². The Morgan fingerprint density at radius 2 is 1.19 bits per heavy atom. The first-order valence-corrected chi connectivity index (χ1v) is 8.66. The molecule has 1 aromatic rings. The fourth-order valence-corrected chi connectivity index (χ4v) is 2.46. The molecule has 0 aliphatic carbocycles. The lowest BCUT2D eigenvalue weighted by atomic mass is 9.81. The van der Waals surface area contributed by atoms with Crippen molar-refractivity contribution in [2.75, 3.05) is 19.8 Å². The van der Waals surface area contributed by atoms with Crippen LogP contribution in [0, 0.1) is 5.41 Å². The molecular weight excluding hydrogens is 340 g/mol. The van der Waals surface area contributed by atoms with Crippen LogP contribution in [-0.4, -0.2) is 42.8 Å². The molecule has 0 aliphatic rings. The smallest absolute Gasteiger partial charge is 0.335 e. The summed E-state index contributed by atoms with van der Waals surface area (Å²) in [7, 11) is 0. The zero-order chi connectivity index (χ0) is 19.6. The number of rotatable bonds is 10. The largest absolute Gasteiger partial charge is 0.465 e. The Hall–Kier alpha value is -2.41. The molecule has 7 heteroatoms. The summed E-state index contributed by atoms with van der Waals surface area (Å²) >= 11 is 0. The average Bonchev–Trinajstić information content (AvgIpc) is 2.63. The van der Waals surface area contributed by atoms with Crippen LogP contribution >= 0.6 is 0 Å². The van der Waals surface area contributed by atoms with Crippen LogP contribution in [0.1, 0.15) is 38.3 Å². The molecule has 0 fully saturated rings. The average molecular weight is 366 g/mol. The molecule has 0 heterocycles. The Kier molecular flexibility index (Phi) is 8.78. The predicted octanol–water partition coefficient (Wildman–Crippen LogP) is 1.79. The van der Waals surface area contributed by atoms with Crippen molar-refractivity contribution in [1.29, 1.82) is 0 Å². The van der Waals surface area contributed by atoms with Crippen LogP contribution in [0.4, 0.5) is 0 Å². The van der Waals surface area contributed by atoms with E-state index in [1.165, 1.54) is 0 Å². The van der Waals surface area contributed by atoms with Crippen molar-refractivity contribution >= 4 is 17.9 Å². The Morgan fingerprint density at radius 1 is 0.808 bits per heavy atom. The van der Waals surface area contributed by atoms with Crippen molar-refractivity contribution < 1.29 is 33.7 Å². The number of aryl methyl sites for hydroxylation is 1. The highest BCUT2D eigenvalue weighted by atomic mass is 16.6. The molecule has 7 nitrogen and oxygen atoms in total. The van der Waals surface area contributed by atoms with Crippen LogP contribution in [-0.2, 0) is 41.6 Å². The van der Waals surface area contributed by atoms with Gasteiger partial charge < -0.3 is 19.3 Å². The van der Waals surface area contributed by atoms with Gasteiger partial charge in [0.1, 0.15) is 0 Å². The van der Waals surface area contributed by atoms with E-state index < -0.39 is 23.3 Å². The van der Waals surface area contributed by atoms with Crippen molar-refractivity contribution in [1.82, 2.24) is 0 Å². The van der Waals surface area contributed by atoms with Crippen molar-refractivity contribution in [3.05, 3.63) is 35.4 Å². The van der Waals surface area contributed by atoms with Crippen LogP contribution in [0.3, 0.4) is 0 Å². The maximum Gasteiger partial charge on any atom is 0.335 e. The molecule has 26 heavy (non-hydrogen) atoms. The Balaban J connectivity index is 3.18. The Bertz CT molecular complexity index is 561. The number of hydrogen-bond acceptors (Lipinski definition) is 7. The molecule has 0 radical (unpaired) electrons. The molecule has 0 bridgehead atoms. The standard InChI is InChI=1S/C19H26O7/c1-4-24-16(21)19(17(22)25-5-2,18(23)26-6-3)12-11-14-7-9-15(13-20)10-8-14/h7-10,20H,4-6,11-13H2,1-3H3. The van der Waals surface area contributed by atoms with Gasteiger partial charge in [0, 0.05) is 0 Å². The lowest BCUT2D eigenvalue weighted by Crippen LogP contribution is -2.49. The van der Waals surface area contributed by atoms with E-state index >= 15 is 0 Å². The second kappa shape index (κ2) is 10.6. The number of benzene rings is 1. The summed E-state index contributed by atoms with van der Waals surface area (Å²) in [6, 6.07) is 6.99. The molecule has 1 N–H and O–H groups in total. The van der Waals surface area contributed by atoms with Gasteiger partial charge >= 0.3 is 17.9 Å². The molecule has 144 valence electrons. The number of aliphatic hydroxyl groups excluding tert-OH is 1. The van der Waals surface area contributed by atoms with E-state index in [1.807, 2.05) is 0 Å². The first kappa shape index (κ1) is 21.6. The summed E-state index contributed by atoms with van der Waals surface area (Å²) in [5.41, 5.74) is -0.622. The summed E-state index contributed by atoms with van der Waals surface area (Å²) in [6.07, 6.45) is 0.115. The van der Waals surface area contributed by atoms with Gasteiger partial charge in [-0.05, 0) is 44.7 Å². The fourth-order valence-electron chi connectivity index (χ4n) is 2.46. The molecule has 0 atom stereocenters.